The highest BCUT2D eigenvalue weighted by Gasteiger charge is 2.10. The number of hydrogen-bond acceptors (Lipinski definition) is 3. The minimum atomic E-state index is 0.203. The van der Waals surface area contributed by atoms with Crippen LogP contribution in [0.25, 0.3) is 0 Å². The molecule has 0 fully saturated rings. The largest absolute Gasteiger partial charge is 0.396 e. The Kier molecular flexibility index (Phi) is 9.94. The summed E-state index contributed by atoms with van der Waals surface area (Å²) in [6, 6.07) is 20.5. The van der Waals surface area contributed by atoms with Gasteiger partial charge in [0.25, 0.3) is 0 Å². The highest BCUT2D eigenvalue weighted by Crippen LogP contribution is 2.14. The number of hydrogen-bond donors (Lipinski definition) is 1. The van der Waals surface area contributed by atoms with Gasteiger partial charge in [-0.3, -0.25) is 0 Å². The second-order valence-corrected chi connectivity index (χ2v) is 6.32. The fourth-order valence-electron chi connectivity index (χ4n) is 2.74. The van der Waals surface area contributed by atoms with Crippen LogP contribution in [0.1, 0.15) is 43.2 Å². The molecule has 0 heterocycles. The van der Waals surface area contributed by atoms with Crippen molar-refractivity contribution in [3.8, 4) is 0 Å². The molecule has 0 aliphatic rings. The topological polar surface area (TPSA) is 38.7 Å². The first kappa shape index (κ1) is 19.6. The van der Waals surface area contributed by atoms with Crippen LogP contribution in [0.4, 0.5) is 0 Å². The van der Waals surface area contributed by atoms with Crippen LogP contribution in [-0.2, 0) is 22.7 Å². The van der Waals surface area contributed by atoms with Gasteiger partial charge in [-0.25, -0.2) is 0 Å². The molecule has 2 aromatic rings. The second-order valence-electron chi connectivity index (χ2n) is 6.32. The maximum atomic E-state index is 8.91. The van der Waals surface area contributed by atoms with E-state index in [0.717, 1.165) is 32.1 Å². The molecule has 2 rings (SSSR count). The molecule has 2 aromatic carbocycles. The summed E-state index contributed by atoms with van der Waals surface area (Å²) in [5.41, 5.74) is 2.40. The minimum absolute atomic E-state index is 0.203. The van der Waals surface area contributed by atoms with Gasteiger partial charge in [-0.15, -0.1) is 0 Å². The van der Waals surface area contributed by atoms with Gasteiger partial charge in [-0.05, 0) is 30.4 Å². The standard InChI is InChI=1S/C22H30O3/c23-16-9-3-8-14-22(25-19-21-12-6-2-7-13-21)15-17-24-18-20-10-4-1-5-11-20/h1-2,4-7,10-13,22-23H,3,8-9,14-19H2/t22-/m0/s1. The monoisotopic (exact) mass is 342 g/mol. The number of ether oxygens (including phenoxy) is 2. The van der Waals surface area contributed by atoms with Crippen molar-refractivity contribution in [1.82, 2.24) is 0 Å². The van der Waals surface area contributed by atoms with Gasteiger partial charge in [0.2, 0.25) is 0 Å². The van der Waals surface area contributed by atoms with Crippen LogP contribution < -0.4 is 0 Å². The molecule has 0 aliphatic carbocycles. The second kappa shape index (κ2) is 12.6. The molecule has 3 heteroatoms. The van der Waals surface area contributed by atoms with Crippen LogP contribution >= 0.6 is 0 Å². The van der Waals surface area contributed by atoms with Gasteiger partial charge in [0, 0.05) is 13.2 Å². The molecular weight excluding hydrogens is 312 g/mol. The molecule has 0 aromatic heterocycles. The summed E-state index contributed by atoms with van der Waals surface area (Å²) < 4.78 is 11.9. The Morgan fingerprint density at radius 1 is 0.720 bits per heavy atom. The van der Waals surface area contributed by atoms with Crippen molar-refractivity contribution in [2.24, 2.45) is 0 Å². The SMILES string of the molecule is OCCCCC[C@@H](CCOCc1ccccc1)OCc1ccccc1. The predicted octanol–water partition coefficient (Wildman–Crippen LogP) is 4.73. The molecule has 1 atom stereocenters. The maximum absolute atomic E-state index is 8.91. The fraction of sp³-hybridized carbons (Fsp3) is 0.455. The first-order valence-corrected chi connectivity index (χ1v) is 9.26. The molecule has 0 radical (unpaired) electrons. The van der Waals surface area contributed by atoms with Gasteiger partial charge in [0.1, 0.15) is 0 Å². The minimum Gasteiger partial charge on any atom is -0.396 e. The zero-order valence-corrected chi connectivity index (χ0v) is 15.0. The van der Waals surface area contributed by atoms with Crippen molar-refractivity contribution >= 4 is 0 Å². The van der Waals surface area contributed by atoms with E-state index in [1.165, 1.54) is 11.1 Å². The summed E-state index contributed by atoms with van der Waals surface area (Å²) in [4.78, 5) is 0. The molecule has 0 aliphatic heterocycles. The lowest BCUT2D eigenvalue weighted by molar-refractivity contribution is 0.00300. The van der Waals surface area contributed by atoms with Crippen LogP contribution in [0.15, 0.2) is 60.7 Å². The van der Waals surface area contributed by atoms with Crippen molar-refractivity contribution in [3.63, 3.8) is 0 Å². The molecule has 0 unspecified atom stereocenters. The van der Waals surface area contributed by atoms with Crippen molar-refractivity contribution in [2.45, 2.75) is 51.4 Å². The molecule has 0 bridgehead atoms. The Hall–Kier alpha value is -1.68. The molecule has 1 N–H and O–H groups in total. The molecule has 0 amide bonds. The molecular formula is C22H30O3. The quantitative estimate of drug-likeness (QED) is 0.535. The van der Waals surface area contributed by atoms with E-state index >= 15 is 0 Å². The molecule has 3 nitrogen and oxygen atoms in total. The lowest BCUT2D eigenvalue weighted by atomic mass is 10.1. The number of unbranched alkanes of at least 4 members (excludes halogenated alkanes) is 2. The summed E-state index contributed by atoms with van der Waals surface area (Å²) in [6.45, 7) is 2.27. The van der Waals surface area contributed by atoms with E-state index in [2.05, 4.69) is 24.3 Å². The third-order valence-corrected chi connectivity index (χ3v) is 4.21. The van der Waals surface area contributed by atoms with Gasteiger partial charge in [0.15, 0.2) is 0 Å². The zero-order chi connectivity index (χ0) is 17.6. The summed E-state index contributed by atoms with van der Waals surface area (Å²) in [7, 11) is 0. The van der Waals surface area contributed by atoms with Crippen LogP contribution in [-0.4, -0.2) is 24.4 Å². The smallest absolute Gasteiger partial charge is 0.0720 e. The average molecular weight is 342 g/mol. The Bertz CT molecular complexity index is 542. The molecule has 136 valence electrons. The Labute approximate surface area is 151 Å². The van der Waals surface area contributed by atoms with E-state index in [1.807, 2.05) is 36.4 Å². The van der Waals surface area contributed by atoms with Gasteiger partial charge in [0.05, 0.1) is 19.3 Å². The summed E-state index contributed by atoms with van der Waals surface area (Å²) in [6.07, 6.45) is 5.12. The molecule has 0 saturated carbocycles. The predicted molar refractivity (Wildman–Crippen MR) is 101 cm³/mol. The zero-order valence-electron chi connectivity index (χ0n) is 15.0. The van der Waals surface area contributed by atoms with Gasteiger partial charge < -0.3 is 14.6 Å². The highest BCUT2D eigenvalue weighted by atomic mass is 16.5. The summed E-state index contributed by atoms with van der Waals surface area (Å²) >= 11 is 0. The highest BCUT2D eigenvalue weighted by molar-refractivity contribution is 5.14. The number of aliphatic hydroxyl groups is 1. The Morgan fingerprint density at radius 3 is 2.00 bits per heavy atom. The van der Waals surface area contributed by atoms with Crippen molar-refractivity contribution in [2.75, 3.05) is 13.2 Å². The van der Waals surface area contributed by atoms with Crippen LogP contribution in [0.2, 0.25) is 0 Å². The van der Waals surface area contributed by atoms with E-state index in [9.17, 15) is 0 Å². The number of benzene rings is 2. The van der Waals surface area contributed by atoms with Crippen LogP contribution in [0.5, 0.6) is 0 Å². The first-order valence-electron chi connectivity index (χ1n) is 9.26. The molecule has 25 heavy (non-hydrogen) atoms. The van der Waals surface area contributed by atoms with E-state index in [4.69, 9.17) is 14.6 Å². The average Bonchev–Trinajstić information content (AvgIpc) is 2.67. The van der Waals surface area contributed by atoms with Crippen molar-refractivity contribution in [1.29, 1.82) is 0 Å². The van der Waals surface area contributed by atoms with Gasteiger partial charge in [-0.1, -0.05) is 73.5 Å². The van der Waals surface area contributed by atoms with Crippen molar-refractivity contribution < 1.29 is 14.6 Å². The molecule has 0 spiro atoms. The van der Waals surface area contributed by atoms with E-state index in [-0.39, 0.29) is 12.7 Å². The third-order valence-electron chi connectivity index (χ3n) is 4.21. The maximum Gasteiger partial charge on any atom is 0.0720 e. The summed E-state index contributed by atoms with van der Waals surface area (Å²) in [5, 5.41) is 8.91. The van der Waals surface area contributed by atoms with Gasteiger partial charge >= 0.3 is 0 Å². The lowest BCUT2D eigenvalue weighted by Gasteiger charge is -2.18. The molecule has 0 saturated heterocycles. The van der Waals surface area contributed by atoms with Crippen molar-refractivity contribution in [3.05, 3.63) is 71.8 Å². The van der Waals surface area contributed by atoms with Crippen LogP contribution in [0, 0.1) is 0 Å². The van der Waals surface area contributed by atoms with E-state index in [0.29, 0.717) is 19.8 Å². The fourth-order valence-corrected chi connectivity index (χ4v) is 2.74. The van der Waals surface area contributed by atoms with Crippen LogP contribution in [0.3, 0.4) is 0 Å². The number of rotatable bonds is 13. The Balaban J connectivity index is 1.70. The Morgan fingerprint density at radius 2 is 1.36 bits per heavy atom. The van der Waals surface area contributed by atoms with E-state index < -0.39 is 0 Å². The summed E-state index contributed by atoms with van der Waals surface area (Å²) in [5.74, 6) is 0. The number of aliphatic hydroxyl groups excluding tert-OH is 1. The lowest BCUT2D eigenvalue weighted by Crippen LogP contribution is -2.16. The first-order chi connectivity index (χ1) is 12.4. The normalized spacial score (nSPS) is 12.2. The van der Waals surface area contributed by atoms with Gasteiger partial charge in [-0.2, -0.15) is 0 Å². The third kappa shape index (κ3) is 8.82. The van der Waals surface area contributed by atoms with E-state index in [1.54, 1.807) is 0 Å².